The Morgan fingerprint density at radius 3 is 2.59 bits per heavy atom. The predicted molar refractivity (Wildman–Crippen MR) is 111 cm³/mol. The monoisotopic (exact) mass is 435 g/mol. The summed E-state index contributed by atoms with van der Waals surface area (Å²) in [6, 6.07) is 4.75. The summed E-state index contributed by atoms with van der Waals surface area (Å²) in [5.41, 5.74) is 2.00. The fourth-order valence-corrected chi connectivity index (χ4v) is 3.82. The van der Waals surface area contributed by atoms with E-state index in [9.17, 15) is 14.4 Å². The molecule has 2 aromatic heterocycles. The number of ether oxygens (including phenoxy) is 1. The Hall–Kier alpha value is -2.64. The molecule has 0 amide bonds. The number of benzene rings is 1. The molecule has 0 radical (unpaired) electrons. The highest BCUT2D eigenvalue weighted by Gasteiger charge is 2.18. The first-order valence-corrected chi connectivity index (χ1v) is 9.59. The summed E-state index contributed by atoms with van der Waals surface area (Å²) in [6.07, 6.45) is 1.51. The number of hydrogen-bond donors (Lipinski definition) is 0. The van der Waals surface area contributed by atoms with Crippen LogP contribution in [0, 0.1) is 13.8 Å². The maximum Gasteiger partial charge on any atom is 0.307 e. The van der Waals surface area contributed by atoms with Gasteiger partial charge in [-0.15, -0.1) is 0 Å². The van der Waals surface area contributed by atoms with Gasteiger partial charge in [-0.3, -0.25) is 19.0 Å². The van der Waals surface area contributed by atoms with E-state index < -0.39 is 5.56 Å². The fourth-order valence-electron chi connectivity index (χ4n) is 3.28. The standard InChI is InChI=1S/C20H19Cl2N3O4/c1-11-6-14(12(2)25(11)5-4-18(27)29-3)17(26)9-24-10-23-19-15(20(24)28)7-13(21)8-16(19)22/h6-8,10H,4-5,9H2,1-3H3. The second kappa shape index (κ2) is 8.39. The van der Waals surface area contributed by atoms with Crippen LogP contribution in [-0.4, -0.2) is 33.0 Å². The Labute approximate surface area is 176 Å². The topological polar surface area (TPSA) is 83.2 Å². The van der Waals surface area contributed by atoms with Gasteiger partial charge >= 0.3 is 5.97 Å². The molecular formula is C20H19Cl2N3O4. The second-order valence-electron chi connectivity index (χ2n) is 6.65. The molecule has 9 heteroatoms. The van der Waals surface area contributed by atoms with Crippen LogP contribution >= 0.6 is 23.2 Å². The summed E-state index contributed by atoms with van der Waals surface area (Å²) in [5, 5.41) is 0.846. The number of fused-ring (bicyclic) bond motifs is 1. The summed E-state index contributed by atoms with van der Waals surface area (Å²) < 4.78 is 7.78. The maximum atomic E-state index is 12.9. The lowest BCUT2D eigenvalue weighted by atomic mass is 10.1. The zero-order chi connectivity index (χ0) is 21.3. The smallest absolute Gasteiger partial charge is 0.307 e. The number of ketones is 1. The van der Waals surface area contributed by atoms with E-state index in [1.165, 1.54) is 30.1 Å². The number of carbonyl (C=O) groups is 2. The van der Waals surface area contributed by atoms with Crippen molar-refractivity contribution in [2.45, 2.75) is 33.4 Å². The number of hydrogen-bond acceptors (Lipinski definition) is 5. The number of aryl methyl sites for hydroxylation is 1. The minimum atomic E-state index is -0.396. The first-order chi connectivity index (χ1) is 13.7. The number of Topliss-reactive ketones (excluding diaryl/α,β-unsaturated/α-hetero) is 1. The molecule has 152 valence electrons. The number of halogens is 2. The highest BCUT2D eigenvalue weighted by atomic mass is 35.5. The van der Waals surface area contributed by atoms with Gasteiger partial charge in [0.1, 0.15) is 0 Å². The Kier molecular flexibility index (Phi) is 6.10. The van der Waals surface area contributed by atoms with E-state index in [2.05, 4.69) is 9.72 Å². The van der Waals surface area contributed by atoms with Gasteiger partial charge in [-0.1, -0.05) is 23.2 Å². The zero-order valence-corrected chi connectivity index (χ0v) is 17.7. The van der Waals surface area contributed by atoms with E-state index in [4.69, 9.17) is 23.2 Å². The SMILES string of the molecule is COC(=O)CCn1c(C)cc(C(=O)Cn2cnc3c(Cl)cc(Cl)cc3c2=O)c1C. The van der Waals surface area contributed by atoms with Crippen LogP contribution in [-0.2, 0) is 22.6 Å². The quantitative estimate of drug-likeness (QED) is 0.436. The maximum absolute atomic E-state index is 12.9. The molecule has 0 bridgehead atoms. The van der Waals surface area contributed by atoms with Crippen LogP contribution in [0.2, 0.25) is 10.0 Å². The third kappa shape index (κ3) is 4.21. The first-order valence-electron chi connectivity index (χ1n) is 8.84. The van der Waals surface area contributed by atoms with Crippen LogP contribution in [0.1, 0.15) is 28.2 Å². The van der Waals surface area contributed by atoms with Crippen molar-refractivity contribution < 1.29 is 14.3 Å². The second-order valence-corrected chi connectivity index (χ2v) is 7.49. The van der Waals surface area contributed by atoms with Gasteiger partial charge in [0.05, 0.1) is 42.3 Å². The van der Waals surface area contributed by atoms with Crippen LogP contribution in [0.3, 0.4) is 0 Å². The van der Waals surface area contributed by atoms with Gasteiger partial charge in [-0.25, -0.2) is 4.98 Å². The van der Waals surface area contributed by atoms with E-state index in [-0.39, 0.29) is 35.1 Å². The highest BCUT2D eigenvalue weighted by Crippen LogP contribution is 2.24. The normalized spacial score (nSPS) is 11.1. The summed E-state index contributed by atoms with van der Waals surface area (Å²) in [4.78, 5) is 41.2. The number of nitrogens with zero attached hydrogens (tertiary/aromatic N) is 3. The lowest BCUT2D eigenvalue weighted by molar-refractivity contribution is -0.140. The third-order valence-corrected chi connectivity index (χ3v) is 5.31. The van der Waals surface area contributed by atoms with Gasteiger partial charge < -0.3 is 9.30 Å². The minimum absolute atomic E-state index is 0.173. The van der Waals surface area contributed by atoms with Crippen molar-refractivity contribution in [2.75, 3.05) is 7.11 Å². The summed E-state index contributed by atoms with van der Waals surface area (Å²) >= 11 is 12.1. The van der Waals surface area contributed by atoms with Crippen LogP contribution in [0.15, 0.2) is 29.3 Å². The Morgan fingerprint density at radius 1 is 1.17 bits per heavy atom. The Balaban J connectivity index is 1.90. The van der Waals surface area contributed by atoms with Crippen LogP contribution in [0.25, 0.3) is 10.9 Å². The molecule has 0 aliphatic heterocycles. The van der Waals surface area contributed by atoms with Gasteiger partial charge in [0.15, 0.2) is 5.78 Å². The van der Waals surface area contributed by atoms with Crippen LogP contribution < -0.4 is 5.56 Å². The Bertz CT molecular complexity index is 1180. The average Bonchev–Trinajstić information content (AvgIpc) is 2.96. The van der Waals surface area contributed by atoms with Crippen molar-refractivity contribution in [3.05, 3.63) is 61.9 Å². The molecule has 0 unspecified atom stereocenters. The third-order valence-electron chi connectivity index (χ3n) is 4.80. The number of carbonyl (C=O) groups excluding carboxylic acids is 2. The van der Waals surface area contributed by atoms with Crippen LogP contribution in [0.5, 0.6) is 0 Å². The van der Waals surface area contributed by atoms with Crippen molar-refractivity contribution in [3.8, 4) is 0 Å². The van der Waals surface area contributed by atoms with Crippen molar-refractivity contribution in [2.24, 2.45) is 0 Å². The molecule has 1 aromatic carbocycles. The highest BCUT2D eigenvalue weighted by molar-refractivity contribution is 6.38. The van der Waals surface area contributed by atoms with Crippen molar-refractivity contribution in [3.63, 3.8) is 0 Å². The van der Waals surface area contributed by atoms with E-state index in [0.717, 1.165) is 11.4 Å². The summed E-state index contributed by atoms with van der Waals surface area (Å²) in [6.45, 7) is 3.90. The molecule has 0 N–H and O–H groups in total. The molecule has 0 aliphatic rings. The molecule has 0 spiro atoms. The molecule has 29 heavy (non-hydrogen) atoms. The molecule has 3 aromatic rings. The molecule has 0 saturated carbocycles. The lowest BCUT2D eigenvalue weighted by Gasteiger charge is -2.10. The zero-order valence-electron chi connectivity index (χ0n) is 16.2. The summed E-state index contributed by atoms with van der Waals surface area (Å²) in [7, 11) is 1.34. The van der Waals surface area contributed by atoms with Gasteiger partial charge in [0.25, 0.3) is 5.56 Å². The molecule has 0 atom stereocenters. The molecule has 0 fully saturated rings. The molecule has 0 saturated heterocycles. The molecule has 0 aliphatic carbocycles. The van der Waals surface area contributed by atoms with Crippen LogP contribution in [0.4, 0.5) is 0 Å². The minimum Gasteiger partial charge on any atom is -0.469 e. The van der Waals surface area contributed by atoms with Gasteiger partial charge in [-0.2, -0.15) is 0 Å². The van der Waals surface area contributed by atoms with Crippen molar-refractivity contribution in [1.82, 2.24) is 14.1 Å². The lowest BCUT2D eigenvalue weighted by Crippen LogP contribution is -2.25. The Morgan fingerprint density at radius 2 is 1.90 bits per heavy atom. The molecule has 2 heterocycles. The average molecular weight is 436 g/mol. The molecular weight excluding hydrogens is 417 g/mol. The molecule has 3 rings (SSSR count). The van der Waals surface area contributed by atoms with Crippen molar-refractivity contribution in [1.29, 1.82) is 0 Å². The number of aromatic nitrogens is 3. The van der Waals surface area contributed by atoms with E-state index >= 15 is 0 Å². The summed E-state index contributed by atoms with van der Waals surface area (Å²) in [5.74, 6) is -0.560. The van der Waals surface area contributed by atoms with Gasteiger partial charge in [0, 0.05) is 28.5 Å². The van der Waals surface area contributed by atoms with E-state index in [0.29, 0.717) is 22.6 Å². The van der Waals surface area contributed by atoms with E-state index in [1.54, 1.807) is 13.0 Å². The largest absolute Gasteiger partial charge is 0.469 e. The van der Waals surface area contributed by atoms with Crippen molar-refractivity contribution >= 4 is 45.9 Å². The number of esters is 1. The van der Waals surface area contributed by atoms with Gasteiger partial charge in [0.2, 0.25) is 0 Å². The van der Waals surface area contributed by atoms with E-state index in [1.807, 2.05) is 11.5 Å². The first kappa shape index (κ1) is 21.1. The molecule has 7 nitrogen and oxygen atoms in total. The fraction of sp³-hybridized carbons (Fsp3) is 0.300. The number of methoxy groups -OCH3 is 1. The predicted octanol–water partition coefficient (Wildman–Crippen LogP) is 3.57. The van der Waals surface area contributed by atoms with Gasteiger partial charge in [-0.05, 0) is 32.0 Å². The number of rotatable bonds is 6.